The first-order valence-corrected chi connectivity index (χ1v) is 3.74. The molecular formula is C8H15O2. The molecule has 0 amide bonds. The first-order valence-electron chi connectivity index (χ1n) is 3.74. The highest BCUT2D eigenvalue weighted by atomic mass is 16.4. The van der Waals surface area contributed by atoms with E-state index in [-0.39, 0.29) is 5.92 Å². The Hall–Kier alpha value is -0.530. The van der Waals surface area contributed by atoms with Crippen LogP contribution >= 0.6 is 0 Å². The van der Waals surface area contributed by atoms with Crippen molar-refractivity contribution in [3.8, 4) is 0 Å². The van der Waals surface area contributed by atoms with Crippen molar-refractivity contribution in [1.29, 1.82) is 0 Å². The van der Waals surface area contributed by atoms with Gasteiger partial charge in [0.1, 0.15) is 0 Å². The van der Waals surface area contributed by atoms with Crippen LogP contribution in [0.3, 0.4) is 0 Å². The quantitative estimate of drug-likeness (QED) is 0.640. The van der Waals surface area contributed by atoms with Gasteiger partial charge in [0.25, 0.3) is 0 Å². The van der Waals surface area contributed by atoms with Crippen molar-refractivity contribution < 1.29 is 9.90 Å². The summed E-state index contributed by atoms with van der Waals surface area (Å²) in [4.78, 5) is 10.5. The van der Waals surface area contributed by atoms with Crippen LogP contribution in [0.25, 0.3) is 0 Å². The van der Waals surface area contributed by atoms with Crippen LogP contribution in [0.2, 0.25) is 0 Å². The van der Waals surface area contributed by atoms with Crippen LogP contribution in [0, 0.1) is 12.8 Å². The number of aliphatic carboxylic acids is 1. The lowest BCUT2D eigenvalue weighted by molar-refractivity contribution is -0.142. The lowest BCUT2D eigenvalue weighted by Gasteiger charge is -2.07. The smallest absolute Gasteiger partial charge is 0.306 e. The van der Waals surface area contributed by atoms with E-state index in [0.29, 0.717) is 6.42 Å². The molecule has 0 bridgehead atoms. The molecule has 0 aliphatic rings. The number of rotatable bonds is 5. The third kappa shape index (κ3) is 3.49. The molecule has 0 aliphatic heterocycles. The number of carboxylic acid groups (broad SMARTS) is 1. The van der Waals surface area contributed by atoms with Crippen molar-refractivity contribution in [3.63, 3.8) is 0 Å². The maximum Gasteiger partial charge on any atom is 0.306 e. The highest BCUT2D eigenvalue weighted by molar-refractivity contribution is 5.69. The van der Waals surface area contributed by atoms with Gasteiger partial charge < -0.3 is 5.11 Å². The molecule has 59 valence electrons. The second-order valence-corrected chi connectivity index (χ2v) is 2.47. The van der Waals surface area contributed by atoms with Gasteiger partial charge in [-0.3, -0.25) is 4.79 Å². The molecule has 2 heteroatoms. The highest BCUT2D eigenvalue weighted by Gasteiger charge is 2.13. The summed E-state index contributed by atoms with van der Waals surface area (Å²) in [5, 5.41) is 8.61. The molecule has 0 spiro atoms. The van der Waals surface area contributed by atoms with Crippen LogP contribution in [0.5, 0.6) is 0 Å². The van der Waals surface area contributed by atoms with E-state index in [4.69, 9.17) is 5.11 Å². The third-order valence-corrected chi connectivity index (χ3v) is 1.54. The van der Waals surface area contributed by atoms with Crippen LogP contribution in [-0.4, -0.2) is 11.1 Å². The summed E-state index contributed by atoms with van der Waals surface area (Å²) >= 11 is 0. The van der Waals surface area contributed by atoms with E-state index in [1.165, 1.54) is 0 Å². The Morgan fingerprint density at radius 2 is 2.20 bits per heavy atom. The van der Waals surface area contributed by atoms with Crippen LogP contribution in [0.1, 0.15) is 32.6 Å². The summed E-state index contributed by atoms with van der Waals surface area (Å²) in [5.74, 6) is -0.840. The fourth-order valence-corrected chi connectivity index (χ4v) is 0.986. The predicted molar refractivity (Wildman–Crippen MR) is 40.6 cm³/mol. The molecule has 10 heavy (non-hydrogen) atoms. The molecule has 0 aromatic rings. The van der Waals surface area contributed by atoms with E-state index in [0.717, 1.165) is 19.3 Å². The van der Waals surface area contributed by atoms with Crippen molar-refractivity contribution in [3.05, 3.63) is 6.92 Å². The molecule has 0 aromatic carbocycles. The normalized spacial score (nSPS) is 10.3. The van der Waals surface area contributed by atoms with Gasteiger partial charge in [0.15, 0.2) is 0 Å². The van der Waals surface area contributed by atoms with Gasteiger partial charge >= 0.3 is 5.97 Å². The second-order valence-electron chi connectivity index (χ2n) is 2.47. The molecule has 0 saturated heterocycles. The van der Waals surface area contributed by atoms with Crippen LogP contribution in [-0.2, 0) is 4.79 Å². The zero-order valence-electron chi connectivity index (χ0n) is 6.47. The number of hydrogen-bond acceptors (Lipinski definition) is 1. The van der Waals surface area contributed by atoms with Crippen molar-refractivity contribution in [2.75, 3.05) is 0 Å². The van der Waals surface area contributed by atoms with Gasteiger partial charge in [0, 0.05) is 0 Å². The first-order chi connectivity index (χ1) is 4.72. The molecular weight excluding hydrogens is 128 g/mol. The predicted octanol–water partition coefficient (Wildman–Crippen LogP) is 2.10. The van der Waals surface area contributed by atoms with Gasteiger partial charge in [0.2, 0.25) is 0 Å². The fraction of sp³-hybridized carbons (Fsp3) is 0.750. The molecule has 1 N–H and O–H groups in total. The topological polar surface area (TPSA) is 37.3 Å². The van der Waals surface area contributed by atoms with E-state index in [9.17, 15) is 4.79 Å². The average Bonchev–Trinajstić information content (AvgIpc) is 1.87. The molecule has 0 fully saturated rings. The Morgan fingerprint density at radius 1 is 1.60 bits per heavy atom. The Kier molecular flexibility index (Phi) is 4.99. The van der Waals surface area contributed by atoms with E-state index >= 15 is 0 Å². The molecule has 0 heterocycles. The maximum absolute atomic E-state index is 10.5. The largest absolute Gasteiger partial charge is 0.481 e. The minimum atomic E-state index is -0.675. The van der Waals surface area contributed by atoms with Crippen molar-refractivity contribution in [1.82, 2.24) is 0 Å². The summed E-state index contributed by atoms with van der Waals surface area (Å²) in [6.45, 7) is 5.63. The van der Waals surface area contributed by atoms with Gasteiger partial charge in [-0.2, -0.15) is 0 Å². The number of carboxylic acids is 1. The van der Waals surface area contributed by atoms with Gasteiger partial charge in [0.05, 0.1) is 5.92 Å². The van der Waals surface area contributed by atoms with Crippen molar-refractivity contribution in [2.24, 2.45) is 5.92 Å². The average molecular weight is 143 g/mol. The van der Waals surface area contributed by atoms with Gasteiger partial charge in [-0.25, -0.2) is 0 Å². The summed E-state index contributed by atoms with van der Waals surface area (Å²) in [5.41, 5.74) is 0. The zero-order valence-corrected chi connectivity index (χ0v) is 6.47. The van der Waals surface area contributed by atoms with Crippen molar-refractivity contribution >= 4 is 5.97 Å². The van der Waals surface area contributed by atoms with Crippen LogP contribution in [0.15, 0.2) is 0 Å². The summed E-state index contributed by atoms with van der Waals surface area (Å²) in [6.07, 6.45) is 3.15. The van der Waals surface area contributed by atoms with Gasteiger partial charge in [-0.05, 0) is 12.8 Å². The highest BCUT2D eigenvalue weighted by Crippen LogP contribution is 2.12. The summed E-state index contributed by atoms with van der Waals surface area (Å²) in [7, 11) is 0. The van der Waals surface area contributed by atoms with E-state index in [1.54, 1.807) is 0 Å². The Bertz CT molecular complexity index is 93.4. The molecule has 1 atom stereocenters. The van der Waals surface area contributed by atoms with Gasteiger partial charge in [-0.15, -0.1) is 0 Å². The first kappa shape index (κ1) is 9.47. The molecule has 0 aromatic heterocycles. The van der Waals surface area contributed by atoms with E-state index < -0.39 is 5.97 Å². The van der Waals surface area contributed by atoms with E-state index in [2.05, 4.69) is 6.92 Å². The lowest BCUT2D eigenvalue weighted by Crippen LogP contribution is -2.12. The lowest BCUT2D eigenvalue weighted by atomic mass is 9.99. The minimum absolute atomic E-state index is 0.164. The SMILES string of the molecule is [CH2]CCC(CCC)C(=O)O. The number of carbonyl (C=O) groups is 1. The molecule has 0 saturated carbocycles. The third-order valence-electron chi connectivity index (χ3n) is 1.54. The minimum Gasteiger partial charge on any atom is -0.481 e. The Balaban J connectivity index is 3.61. The van der Waals surface area contributed by atoms with Crippen molar-refractivity contribution in [2.45, 2.75) is 32.6 Å². The molecule has 1 radical (unpaired) electrons. The fourth-order valence-electron chi connectivity index (χ4n) is 0.986. The molecule has 2 nitrogen and oxygen atoms in total. The Labute approximate surface area is 62.2 Å². The van der Waals surface area contributed by atoms with Crippen LogP contribution in [0.4, 0.5) is 0 Å². The second kappa shape index (κ2) is 5.27. The van der Waals surface area contributed by atoms with Crippen LogP contribution < -0.4 is 0 Å². The number of hydrogen-bond donors (Lipinski definition) is 1. The maximum atomic E-state index is 10.5. The summed E-state index contributed by atoms with van der Waals surface area (Å²) in [6, 6.07) is 0. The molecule has 0 aliphatic carbocycles. The van der Waals surface area contributed by atoms with E-state index in [1.807, 2.05) is 6.92 Å². The van der Waals surface area contributed by atoms with Gasteiger partial charge in [-0.1, -0.05) is 26.7 Å². The molecule has 0 rings (SSSR count). The summed E-state index contributed by atoms with van der Waals surface area (Å²) < 4.78 is 0. The zero-order chi connectivity index (χ0) is 7.98. The monoisotopic (exact) mass is 143 g/mol. The standard InChI is InChI=1S/C8H15O2/c1-3-5-7(6-4-2)8(9)10/h7H,1,3-6H2,2H3,(H,9,10). The Morgan fingerprint density at radius 3 is 2.50 bits per heavy atom. The molecule has 1 unspecified atom stereocenters.